The van der Waals surface area contributed by atoms with Crippen LogP contribution in [0.4, 0.5) is 5.69 Å². The zero-order valence-corrected chi connectivity index (χ0v) is 17.3. The molecular weight excluding hydrogens is 406 g/mol. The van der Waals surface area contributed by atoms with E-state index in [0.717, 1.165) is 10.8 Å². The second kappa shape index (κ2) is 9.22. The third-order valence-electron chi connectivity index (χ3n) is 4.84. The summed E-state index contributed by atoms with van der Waals surface area (Å²) in [7, 11) is 0. The zero-order valence-electron chi connectivity index (χ0n) is 17.3. The van der Waals surface area contributed by atoms with Crippen LogP contribution in [0, 0.1) is 0 Å². The van der Waals surface area contributed by atoms with E-state index < -0.39 is 18.0 Å². The normalized spacial score (nSPS) is 11.5. The molecule has 0 saturated heterocycles. The van der Waals surface area contributed by atoms with Crippen LogP contribution in [0.3, 0.4) is 0 Å². The number of ether oxygens (including phenoxy) is 2. The largest absolute Gasteiger partial charge is 0.507 e. The molecule has 0 bridgehead atoms. The Bertz CT molecular complexity index is 1250. The smallest absolute Gasteiger partial charge is 0.342 e. The number of para-hydroxylation sites is 1. The number of amides is 1. The average Bonchev–Trinajstić information content (AvgIpc) is 2.80. The summed E-state index contributed by atoms with van der Waals surface area (Å²) >= 11 is 0. The van der Waals surface area contributed by atoms with E-state index in [1.54, 1.807) is 30.3 Å². The molecule has 0 aliphatic carbocycles. The molecule has 1 atom stereocenters. The van der Waals surface area contributed by atoms with Gasteiger partial charge in [0, 0.05) is 5.69 Å². The van der Waals surface area contributed by atoms with Crippen LogP contribution in [0.5, 0.6) is 17.2 Å². The summed E-state index contributed by atoms with van der Waals surface area (Å²) in [6.07, 6.45) is -1.06. The molecule has 0 heterocycles. The first-order chi connectivity index (χ1) is 15.5. The predicted octanol–water partition coefficient (Wildman–Crippen LogP) is 5.52. The summed E-state index contributed by atoms with van der Waals surface area (Å²) in [5.41, 5.74) is 0.539. The maximum Gasteiger partial charge on any atom is 0.342 e. The summed E-state index contributed by atoms with van der Waals surface area (Å²) in [4.78, 5) is 25.0. The molecule has 0 spiro atoms. The lowest BCUT2D eigenvalue weighted by molar-refractivity contribution is -0.123. The van der Waals surface area contributed by atoms with E-state index in [-0.39, 0.29) is 11.3 Å². The summed E-state index contributed by atoms with van der Waals surface area (Å²) in [5.74, 6) is -0.129. The Labute approximate surface area is 185 Å². The highest BCUT2D eigenvalue weighted by Gasteiger charge is 2.21. The fraction of sp³-hybridized carbons (Fsp3) is 0.0769. The first kappa shape index (κ1) is 20.9. The molecule has 4 aromatic rings. The van der Waals surface area contributed by atoms with Gasteiger partial charge < -0.3 is 19.9 Å². The van der Waals surface area contributed by atoms with Crippen molar-refractivity contribution < 1.29 is 24.2 Å². The minimum atomic E-state index is -1.06. The van der Waals surface area contributed by atoms with Gasteiger partial charge in [-0.1, -0.05) is 42.5 Å². The predicted molar refractivity (Wildman–Crippen MR) is 122 cm³/mol. The average molecular weight is 427 g/mol. The summed E-state index contributed by atoms with van der Waals surface area (Å²) in [6.45, 7) is 1.47. The molecule has 6 heteroatoms. The maximum atomic E-state index is 12.5. The van der Waals surface area contributed by atoms with Gasteiger partial charge in [-0.15, -0.1) is 0 Å². The number of rotatable bonds is 6. The number of fused-ring (bicyclic) bond motifs is 1. The number of hydrogen-bond donors (Lipinski definition) is 2. The standard InChI is InChI=1S/C26H21NO5/c1-17(31-26(30)23-15-18-7-5-6-8-19(18)16-24(23)28)25(29)27-20-11-13-22(14-12-20)32-21-9-3-2-4-10-21/h2-17,28H,1H3,(H,27,29). The molecule has 0 aliphatic heterocycles. The molecule has 6 nitrogen and oxygen atoms in total. The number of carbonyl (C=O) groups is 2. The molecule has 2 N–H and O–H groups in total. The van der Waals surface area contributed by atoms with Crippen LogP contribution >= 0.6 is 0 Å². The van der Waals surface area contributed by atoms with E-state index in [4.69, 9.17) is 9.47 Å². The Morgan fingerprint density at radius 1 is 0.812 bits per heavy atom. The number of benzene rings is 4. The molecule has 1 unspecified atom stereocenters. The molecule has 160 valence electrons. The summed E-state index contributed by atoms with van der Waals surface area (Å²) in [6, 6.07) is 26.6. The van der Waals surface area contributed by atoms with E-state index >= 15 is 0 Å². The van der Waals surface area contributed by atoms with Crippen molar-refractivity contribution in [3.63, 3.8) is 0 Å². The van der Waals surface area contributed by atoms with Gasteiger partial charge in [0.05, 0.1) is 0 Å². The lowest BCUT2D eigenvalue weighted by Crippen LogP contribution is -2.30. The Morgan fingerprint density at radius 3 is 2.09 bits per heavy atom. The van der Waals surface area contributed by atoms with Crippen molar-refractivity contribution in [1.29, 1.82) is 0 Å². The monoisotopic (exact) mass is 427 g/mol. The van der Waals surface area contributed by atoms with Crippen molar-refractivity contribution in [3.8, 4) is 17.2 Å². The van der Waals surface area contributed by atoms with Gasteiger partial charge in [-0.25, -0.2) is 4.79 Å². The molecule has 0 fully saturated rings. The highest BCUT2D eigenvalue weighted by molar-refractivity contribution is 6.01. The highest BCUT2D eigenvalue weighted by atomic mass is 16.5. The number of phenolic OH excluding ortho intramolecular Hbond substituents is 1. The quantitative estimate of drug-likeness (QED) is 0.396. The number of carbonyl (C=O) groups excluding carboxylic acids is 2. The van der Waals surface area contributed by atoms with E-state index in [2.05, 4.69) is 5.32 Å². The summed E-state index contributed by atoms with van der Waals surface area (Å²) < 4.78 is 11.0. The van der Waals surface area contributed by atoms with Crippen molar-refractivity contribution in [2.45, 2.75) is 13.0 Å². The second-order valence-corrected chi connectivity index (χ2v) is 7.19. The SMILES string of the molecule is CC(OC(=O)c1cc2ccccc2cc1O)C(=O)Nc1ccc(Oc2ccccc2)cc1. The van der Waals surface area contributed by atoms with Gasteiger partial charge in [0.25, 0.3) is 5.91 Å². The number of aromatic hydroxyl groups is 1. The van der Waals surface area contributed by atoms with Crippen molar-refractivity contribution >= 4 is 28.3 Å². The Hall–Kier alpha value is -4.32. The third kappa shape index (κ3) is 4.87. The van der Waals surface area contributed by atoms with Crippen molar-refractivity contribution in [1.82, 2.24) is 0 Å². The minimum absolute atomic E-state index is 0.00534. The first-order valence-corrected chi connectivity index (χ1v) is 10.1. The van der Waals surface area contributed by atoms with Gasteiger partial charge in [-0.2, -0.15) is 0 Å². The van der Waals surface area contributed by atoms with Gasteiger partial charge in [0.15, 0.2) is 6.10 Å². The first-order valence-electron chi connectivity index (χ1n) is 10.1. The molecular formula is C26H21NO5. The van der Waals surface area contributed by atoms with Crippen LogP contribution in [-0.2, 0) is 9.53 Å². The zero-order chi connectivity index (χ0) is 22.5. The highest BCUT2D eigenvalue weighted by Crippen LogP contribution is 2.26. The van der Waals surface area contributed by atoms with Crippen LogP contribution in [0.1, 0.15) is 17.3 Å². The van der Waals surface area contributed by atoms with E-state index in [1.807, 2.05) is 54.6 Å². The van der Waals surface area contributed by atoms with Gasteiger partial charge in [-0.3, -0.25) is 4.79 Å². The van der Waals surface area contributed by atoms with Crippen LogP contribution < -0.4 is 10.1 Å². The van der Waals surface area contributed by atoms with E-state index in [9.17, 15) is 14.7 Å². The van der Waals surface area contributed by atoms with Gasteiger partial charge in [0.2, 0.25) is 0 Å². The molecule has 1 amide bonds. The summed E-state index contributed by atoms with van der Waals surface area (Å²) in [5, 5.41) is 14.5. The van der Waals surface area contributed by atoms with Gasteiger partial charge in [-0.05, 0) is 66.2 Å². The molecule has 4 rings (SSSR count). The maximum absolute atomic E-state index is 12.5. The Morgan fingerprint density at radius 2 is 1.41 bits per heavy atom. The number of hydrogen-bond acceptors (Lipinski definition) is 5. The van der Waals surface area contributed by atoms with E-state index in [1.165, 1.54) is 13.0 Å². The van der Waals surface area contributed by atoms with Gasteiger partial charge >= 0.3 is 5.97 Å². The topological polar surface area (TPSA) is 84.9 Å². The van der Waals surface area contributed by atoms with Crippen molar-refractivity contribution in [3.05, 3.63) is 96.6 Å². The third-order valence-corrected chi connectivity index (χ3v) is 4.84. The van der Waals surface area contributed by atoms with Crippen molar-refractivity contribution in [2.75, 3.05) is 5.32 Å². The Balaban J connectivity index is 1.37. The lowest BCUT2D eigenvalue weighted by atomic mass is 10.1. The lowest BCUT2D eigenvalue weighted by Gasteiger charge is -2.15. The van der Waals surface area contributed by atoms with Crippen LogP contribution in [-0.4, -0.2) is 23.1 Å². The fourth-order valence-electron chi connectivity index (χ4n) is 3.14. The minimum Gasteiger partial charge on any atom is -0.507 e. The number of anilines is 1. The van der Waals surface area contributed by atoms with Gasteiger partial charge in [0.1, 0.15) is 22.8 Å². The molecule has 0 aromatic heterocycles. The second-order valence-electron chi connectivity index (χ2n) is 7.19. The number of phenols is 1. The van der Waals surface area contributed by atoms with E-state index in [0.29, 0.717) is 17.2 Å². The number of nitrogens with one attached hydrogen (secondary N) is 1. The van der Waals surface area contributed by atoms with Crippen LogP contribution in [0.15, 0.2) is 91.0 Å². The molecule has 0 radical (unpaired) electrons. The molecule has 32 heavy (non-hydrogen) atoms. The fourth-order valence-corrected chi connectivity index (χ4v) is 3.14. The Kier molecular flexibility index (Phi) is 6.03. The van der Waals surface area contributed by atoms with Crippen LogP contribution in [0.25, 0.3) is 10.8 Å². The molecule has 4 aromatic carbocycles. The number of esters is 1. The van der Waals surface area contributed by atoms with Crippen molar-refractivity contribution in [2.24, 2.45) is 0 Å². The van der Waals surface area contributed by atoms with Crippen LogP contribution in [0.2, 0.25) is 0 Å². The molecule has 0 saturated carbocycles. The molecule has 0 aliphatic rings.